The largest absolute Gasteiger partial charge is 0.238 e. The zero-order valence-electron chi connectivity index (χ0n) is 6.94. The van der Waals surface area contributed by atoms with Gasteiger partial charge in [0.15, 0.2) is 0 Å². The zero-order valence-corrected chi connectivity index (χ0v) is 8.45. The molecule has 0 aromatic carbocycles. The molecule has 0 aromatic rings. The lowest BCUT2D eigenvalue weighted by molar-refractivity contribution is 0.558. The third kappa shape index (κ3) is 5.36. The van der Waals surface area contributed by atoms with Crippen molar-refractivity contribution in [2.45, 2.75) is 30.6 Å². The molecule has 0 heterocycles. The van der Waals surface area contributed by atoms with Gasteiger partial charge in [-0.1, -0.05) is 42.3 Å². The van der Waals surface area contributed by atoms with Gasteiger partial charge in [0, 0.05) is 6.42 Å². The van der Waals surface area contributed by atoms with Crippen LogP contribution in [0.15, 0.2) is 17.1 Å². The zero-order chi connectivity index (χ0) is 9.61. The molecule has 0 saturated heterocycles. The van der Waals surface area contributed by atoms with Crippen LogP contribution >= 0.6 is 23.2 Å². The molecule has 0 radical (unpaired) electrons. The predicted molar refractivity (Wildman–Crippen MR) is 51.2 cm³/mol. The first-order valence-corrected chi connectivity index (χ1v) is 4.41. The Hall–Kier alpha value is -0.300. The van der Waals surface area contributed by atoms with Gasteiger partial charge in [0.05, 0.1) is 0 Å². The predicted octanol–water partition coefficient (Wildman–Crippen LogP) is 3.20. The van der Waals surface area contributed by atoms with Crippen LogP contribution in [0.1, 0.15) is 26.2 Å². The molecule has 0 aliphatic carbocycles. The van der Waals surface area contributed by atoms with Crippen LogP contribution in [0.25, 0.3) is 0 Å². The molecule has 0 unspecified atom stereocenters. The molecule has 0 amide bonds. The fourth-order valence-electron chi connectivity index (χ4n) is 0.627. The van der Waals surface area contributed by atoms with Crippen molar-refractivity contribution in [1.82, 2.24) is 0 Å². The lowest BCUT2D eigenvalue weighted by Gasteiger charge is -2.11. The SMILES string of the molecule is C=C(CC)CCC(Cl)(Cl)N=C=O. The van der Waals surface area contributed by atoms with E-state index < -0.39 is 4.46 Å². The van der Waals surface area contributed by atoms with E-state index >= 15 is 0 Å². The average molecular weight is 208 g/mol. The van der Waals surface area contributed by atoms with Crippen molar-refractivity contribution >= 4 is 29.3 Å². The second-order valence-corrected chi connectivity index (χ2v) is 3.92. The minimum atomic E-state index is -1.33. The number of alkyl halides is 2. The average Bonchev–Trinajstić information content (AvgIpc) is 2.00. The van der Waals surface area contributed by atoms with Gasteiger partial charge in [0.2, 0.25) is 10.5 Å². The van der Waals surface area contributed by atoms with Gasteiger partial charge < -0.3 is 0 Å². The van der Waals surface area contributed by atoms with Crippen molar-refractivity contribution in [2.24, 2.45) is 4.99 Å². The molecule has 0 atom stereocenters. The molecule has 4 heteroatoms. The fraction of sp³-hybridized carbons (Fsp3) is 0.625. The van der Waals surface area contributed by atoms with Crippen molar-refractivity contribution in [3.8, 4) is 0 Å². The second kappa shape index (κ2) is 5.36. The molecule has 68 valence electrons. The van der Waals surface area contributed by atoms with E-state index in [0.717, 1.165) is 12.0 Å². The molecular weight excluding hydrogens is 197 g/mol. The molecule has 0 spiro atoms. The van der Waals surface area contributed by atoms with Gasteiger partial charge in [-0.05, 0) is 12.8 Å². The Labute approximate surface area is 82.3 Å². The number of aliphatic imine (C=N–C) groups is 1. The van der Waals surface area contributed by atoms with E-state index in [1.807, 2.05) is 6.92 Å². The molecule has 0 bridgehead atoms. The van der Waals surface area contributed by atoms with Crippen LogP contribution in [-0.4, -0.2) is 10.5 Å². The van der Waals surface area contributed by atoms with Crippen LogP contribution in [-0.2, 0) is 4.79 Å². The standard InChI is InChI=1S/C8H11Cl2NO/c1-3-7(2)4-5-8(9,10)11-6-12/h2-5H2,1H3. The minimum absolute atomic E-state index is 0.401. The Balaban J connectivity index is 3.91. The second-order valence-electron chi connectivity index (χ2n) is 2.47. The van der Waals surface area contributed by atoms with Crippen LogP contribution in [0.2, 0.25) is 0 Å². The van der Waals surface area contributed by atoms with Crippen molar-refractivity contribution in [2.75, 3.05) is 0 Å². The summed E-state index contributed by atoms with van der Waals surface area (Å²) < 4.78 is -1.33. The molecular formula is C8H11Cl2NO. The Morgan fingerprint density at radius 2 is 2.25 bits per heavy atom. The molecule has 0 rings (SSSR count). The van der Waals surface area contributed by atoms with Crippen LogP contribution in [0.5, 0.6) is 0 Å². The van der Waals surface area contributed by atoms with Crippen molar-refractivity contribution < 1.29 is 4.79 Å². The summed E-state index contributed by atoms with van der Waals surface area (Å²) in [7, 11) is 0. The van der Waals surface area contributed by atoms with Gasteiger partial charge in [-0.3, -0.25) is 0 Å². The number of hydrogen-bond acceptors (Lipinski definition) is 2. The highest BCUT2D eigenvalue weighted by Crippen LogP contribution is 2.29. The summed E-state index contributed by atoms with van der Waals surface area (Å²) in [5.74, 6) is 0. The first-order valence-electron chi connectivity index (χ1n) is 3.65. The fourth-order valence-corrected chi connectivity index (χ4v) is 0.885. The summed E-state index contributed by atoms with van der Waals surface area (Å²) >= 11 is 11.3. The van der Waals surface area contributed by atoms with E-state index in [1.165, 1.54) is 6.08 Å². The lowest BCUT2D eigenvalue weighted by Crippen LogP contribution is -2.08. The topological polar surface area (TPSA) is 29.4 Å². The van der Waals surface area contributed by atoms with Crippen LogP contribution < -0.4 is 0 Å². The maximum absolute atomic E-state index is 9.85. The molecule has 2 nitrogen and oxygen atoms in total. The summed E-state index contributed by atoms with van der Waals surface area (Å²) in [6.45, 7) is 5.77. The van der Waals surface area contributed by atoms with Gasteiger partial charge in [-0.2, -0.15) is 4.99 Å². The Morgan fingerprint density at radius 1 is 1.67 bits per heavy atom. The third-order valence-corrected chi connectivity index (χ3v) is 2.04. The molecule has 0 saturated carbocycles. The van der Waals surface area contributed by atoms with E-state index in [2.05, 4.69) is 11.6 Å². The van der Waals surface area contributed by atoms with Gasteiger partial charge in [-0.25, -0.2) is 4.79 Å². The molecule has 0 aliphatic heterocycles. The minimum Gasteiger partial charge on any atom is -0.211 e. The first kappa shape index (κ1) is 11.7. The van der Waals surface area contributed by atoms with Crippen molar-refractivity contribution in [3.05, 3.63) is 12.2 Å². The van der Waals surface area contributed by atoms with E-state index in [-0.39, 0.29) is 0 Å². The number of rotatable bonds is 5. The van der Waals surface area contributed by atoms with E-state index in [1.54, 1.807) is 0 Å². The van der Waals surface area contributed by atoms with Crippen molar-refractivity contribution in [1.29, 1.82) is 0 Å². The maximum atomic E-state index is 9.85. The lowest BCUT2D eigenvalue weighted by atomic mass is 10.1. The van der Waals surface area contributed by atoms with E-state index in [0.29, 0.717) is 12.8 Å². The highest BCUT2D eigenvalue weighted by atomic mass is 35.5. The van der Waals surface area contributed by atoms with Crippen LogP contribution in [0.4, 0.5) is 0 Å². The van der Waals surface area contributed by atoms with E-state index in [9.17, 15) is 4.79 Å². The quantitative estimate of drug-likeness (QED) is 0.224. The smallest absolute Gasteiger partial charge is 0.211 e. The highest BCUT2D eigenvalue weighted by Gasteiger charge is 2.21. The number of nitrogens with zero attached hydrogens (tertiary/aromatic N) is 1. The van der Waals surface area contributed by atoms with Crippen LogP contribution in [0, 0.1) is 0 Å². The summed E-state index contributed by atoms with van der Waals surface area (Å²) in [5.41, 5.74) is 1.04. The highest BCUT2D eigenvalue weighted by molar-refractivity contribution is 6.48. The Kier molecular flexibility index (Phi) is 5.23. The van der Waals surface area contributed by atoms with Crippen molar-refractivity contribution in [3.63, 3.8) is 0 Å². The van der Waals surface area contributed by atoms with E-state index in [4.69, 9.17) is 23.2 Å². The number of allylic oxidation sites excluding steroid dienone is 1. The number of isocyanates is 1. The summed E-state index contributed by atoms with van der Waals surface area (Å²) in [4.78, 5) is 13.1. The third-order valence-electron chi connectivity index (χ3n) is 1.49. The van der Waals surface area contributed by atoms with Gasteiger partial charge >= 0.3 is 0 Å². The normalized spacial score (nSPS) is 10.6. The molecule has 0 fully saturated rings. The summed E-state index contributed by atoms with van der Waals surface area (Å²) in [6, 6.07) is 0. The van der Waals surface area contributed by atoms with Gasteiger partial charge in [-0.15, -0.1) is 0 Å². The van der Waals surface area contributed by atoms with Crippen LogP contribution in [0.3, 0.4) is 0 Å². The maximum Gasteiger partial charge on any atom is 0.238 e. The molecule has 12 heavy (non-hydrogen) atoms. The summed E-state index contributed by atoms with van der Waals surface area (Å²) in [6.07, 6.45) is 3.29. The number of hydrogen-bond donors (Lipinski definition) is 0. The first-order chi connectivity index (χ1) is 5.52. The number of halogens is 2. The molecule has 0 aliphatic rings. The van der Waals surface area contributed by atoms with Gasteiger partial charge in [0.25, 0.3) is 0 Å². The molecule has 0 aromatic heterocycles. The number of carbonyl (C=O) groups excluding carboxylic acids is 1. The Bertz CT molecular complexity index is 207. The van der Waals surface area contributed by atoms with Gasteiger partial charge in [0.1, 0.15) is 0 Å². The monoisotopic (exact) mass is 207 g/mol. The summed E-state index contributed by atoms with van der Waals surface area (Å²) in [5, 5.41) is 0. The Morgan fingerprint density at radius 3 is 2.67 bits per heavy atom. The molecule has 0 N–H and O–H groups in total.